The Morgan fingerprint density at radius 2 is 1.90 bits per heavy atom. The minimum atomic E-state index is -3.87. The third-order valence-electron chi connectivity index (χ3n) is 5.56. The van der Waals surface area contributed by atoms with Crippen molar-refractivity contribution in [1.82, 2.24) is 9.62 Å². The monoisotopic (exact) mass is 448 g/mol. The Kier molecular flexibility index (Phi) is 7.17. The summed E-state index contributed by atoms with van der Waals surface area (Å²) in [5, 5.41) is 0. The second-order valence-electron chi connectivity index (χ2n) is 7.89. The highest BCUT2D eigenvalue weighted by atomic mass is 32.2. The lowest BCUT2D eigenvalue weighted by Gasteiger charge is -2.38. The average molecular weight is 449 g/mol. The second-order valence-corrected chi connectivity index (χ2v) is 9.65. The molecule has 8 nitrogen and oxygen atoms in total. The molecule has 0 saturated carbocycles. The molecule has 1 aliphatic rings. The molecule has 2 heterocycles. The Labute approximate surface area is 182 Å². The van der Waals surface area contributed by atoms with Crippen LogP contribution in [0.25, 0.3) is 0 Å². The van der Waals surface area contributed by atoms with Crippen LogP contribution in [0.1, 0.15) is 54.8 Å². The summed E-state index contributed by atoms with van der Waals surface area (Å²) in [7, 11) is -3.87. The van der Waals surface area contributed by atoms with Crippen LogP contribution in [0.2, 0.25) is 0 Å². The Hall–Kier alpha value is -2.65. The SMILES string of the molecule is Cc1ccc(S(=O)(=O)NCc2ccco2)cc1C(=O)OCC(=O)N1C(C)CCCC1C. The van der Waals surface area contributed by atoms with Crippen LogP contribution in [0.5, 0.6) is 0 Å². The van der Waals surface area contributed by atoms with Gasteiger partial charge in [-0.25, -0.2) is 17.9 Å². The molecule has 1 saturated heterocycles. The van der Waals surface area contributed by atoms with E-state index in [0.29, 0.717) is 11.3 Å². The van der Waals surface area contributed by atoms with E-state index in [0.717, 1.165) is 19.3 Å². The molecule has 9 heteroatoms. The van der Waals surface area contributed by atoms with E-state index in [1.807, 2.05) is 13.8 Å². The fourth-order valence-electron chi connectivity index (χ4n) is 3.84. The molecule has 0 bridgehead atoms. The number of aryl methyl sites for hydroxylation is 1. The number of ether oxygens (including phenoxy) is 1. The summed E-state index contributed by atoms with van der Waals surface area (Å²) in [4.78, 5) is 26.9. The molecule has 1 aromatic carbocycles. The molecule has 1 amide bonds. The van der Waals surface area contributed by atoms with Crippen molar-refractivity contribution in [3.8, 4) is 0 Å². The van der Waals surface area contributed by atoms with Crippen LogP contribution in [0.15, 0.2) is 45.9 Å². The maximum Gasteiger partial charge on any atom is 0.338 e. The van der Waals surface area contributed by atoms with E-state index in [1.54, 1.807) is 24.0 Å². The molecule has 168 valence electrons. The Bertz CT molecular complexity index is 1020. The van der Waals surface area contributed by atoms with Crippen LogP contribution in [-0.4, -0.2) is 43.9 Å². The van der Waals surface area contributed by atoms with E-state index >= 15 is 0 Å². The highest BCUT2D eigenvalue weighted by molar-refractivity contribution is 7.89. The van der Waals surface area contributed by atoms with Gasteiger partial charge in [-0.15, -0.1) is 0 Å². The largest absolute Gasteiger partial charge is 0.468 e. The van der Waals surface area contributed by atoms with Crippen LogP contribution >= 0.6 is 0 Å². The number of furan rings is 1. The highest BCUT2D eigenvalue weighted by Gasteiger charge is 2.29. The Balaban J connectivity index is 1.67. The first-order valence-corrected chi connectivity index (χ1v) is 11.8. The van der Waals surface area contributed by atoms with Crippen molar-refractivity contribution < 1.29 is 27.2 Å². The Morgan fingerprint density at radius 3 is 2.55 bits per heavy atom. The van der Waals surface area contributed by atoms with E-state index in [2.05, 4.69) is 4.72 Å². The van der Waals surface area contributed by atoms with Crippen molar-refractivity contribution in [2.75, 3.05) is 6.61 Å². The standard InChI is InChI=1S/C22H28N2O6S/c1-15-9-10-19(31(27,28)23-13-18-8-5-11-29-18)12-20(15)22(26)30-14-21(25)24-16(2)6-4-7-17(24)3/h5,8-12,16-17,23H,4,6-7,13-14H2,1-3H3. The fraction of sp³-hybridized carbons (Fsp3) is 0.455. The second kappa shape index (κ2) is 9.65. The predicted octanol–water partition coefficient (Wildman–Crippen LogP) is 3.01. The molecule has 1 aliphatic heterocycles. The molecule has 31 heavy (non-hydrogen) atoms. The molecule has 0 radical (unpaired) electrons. The zero-order chi connectivity index (χ0) is 22.6. The third kappa shape index (κ3) is 5.54. The number of nitrogens with zero attached hydrogens (tertiary/aromatic N) is 1. The normalized spacial score (nSPS) is 19.3. The van der Waals surface area contributed by atoms with E-state index < -0.39 is 16.0 Å². The number of sulfonamides is 1. The fourth-order valence-corrected chi connectivity index (χ4v) is 4.86. The lowest BCUT2D eigenvalue weighted by atomic mass is 9.97. The van der Waals surface area contributed by atoms with Crippen molar-refractivity contribution in [3.05, 3.63) is 53.5 Å². The van der Waals surface area contributed by atoms with Gasteiger partial charge in [0, 0.05) is 12.1 Å². The van der Waals surface area contributed by atoms with Gasteiger partial charge in [-0.2, -0.15) is 0 Å². The van der Waals surface area contributed by atoms with Crippen LogP contribution in [-0.2, 0) is 26.1 Å². The number of rotatable bonds is 7. The van der Waals surface area contributed by atoms with Crippen LogP contribution < -0.4 is 4.72 Å². The molecule has 0 spiro atoms. The number of benzene rings is 1. The Morgan fingerprint density at radius 1 is 1.19 bits per heavy atom. The summed E-state index contributed by atoms with van der Waals surface area (Å²) < 4.78 is 38.0. The summed E-state index contributed by atoms with van der Waals surface area (Å²) in [5.41, 5.74) is 0.663. The smallest absolute Gasteiger partial charge is 0.338 e. The van der Waals surface area contributed by atoms with Gasteiger partial charge in [-0.05, 0) is 69.9 Å². The molecule has 3 rings (SSSR count). The molecule has 1 N–H and O–H groups in total. The summed E-state index contributed by atoms with van der Waals surface area (Å²) in [6.45, 7) is 5.28. The summed E-state index contributed by atoms with van der Waals surface area (Å²) in [6.07, 6.45) is 4.37. The topological polar surface area (TPSA) is 106 Å². The van der Waals surface area contributed by atoms with Crippen LogP contribution in [0.3, 0.4) is 0 Å². The van der Waals surface area contributed by atoms with Crippen molar-refractivity contribution in [2.24, 2.45) is 0 Å². The highest BCUT2D eigenvalue weighted by Crippen LogP contribution is 2.23. The molecule has 2 unspecified atom stereocenters. The van der Waals surface area contributed by atoms with Gasteiger partial charge in [0.2, 0.25) is 10.0 Å². The van der Waals surface area contributed by atoms with E-state index in [9.17, 15) is 18.0 Å². The van der Waals surface area contributed by atoms with Crippen molar-refractivity contribution >= 4 is 21.9 Å². The minimum Gasteiger partial charge on any atom is -0.468 e. The molecule has 2 atom stereocenters. The minimum absolute atomic E-state index is 0.0102. The van der Waals surface area contributed by atoms with Crippen molar-refractivity contribution in [1.29, 1.82) is 0 Å². The number of hydrogen-bond acceptors (Lipinski definition) is 6. The lowest BCUT2D eigenvalue weighted by Crippen LogP contribution is -2.49. The maximum absolute atomic E-state index is 12.6. The first kappa shape index (κ1) is 23.0. The average Bonchev–Trinajstić information content (AvgIpc) is 3.24. The molecular formula is C22H28N2O6S. The van der Waals surface area contributed by atoms with E-state index in [-0.39, 0.29) is 41.6 Å². The van der Waals surface area contributed by atoms with Gasteiger partial charge < -0.3 is 14.1 Å². The number of hydrogen-bond donors (Lipinski definition) is 1. The zero-order valence-corrected chi connectivity index (χ0v) is 18.8. The van der Waals surface area contributed by atoms with Gasteiger partial charge in [0.1, 0.15) is 5.76 Å². The number of likely N-dealkylation sites (tertiary alicyclic amines) is 1. The van der Waals surface area contributed by atoms with Crippen LogP contribution in [0.4, 0.5) is 0 Å². The van der Waals surface area contributed by atoms with Gasteiger partial charge in [0.05, 0.1) is 23.3 Å². The van der Waals surface area contributed by atoms with Gasteiger partial charge in [-0.3, -0.25) is 4.79 Å². The number of carbonyl (C=O) groups excluding carboxylic acids is 2. The number of amides is 1. The van der Waals surface area contributed by atoms with Gasteiger partial charge in [0.15, 0.2) is 6.61 Å². The van der Waals surface area contributed by atoms with Crippen LogP contribution in [0, 0.1) is 6.92 Å². The van der Waals surface area contributed by atoms with Gasteiger partial charge in [-0.1, -0.05) is 6.07 Å². The van der Waals surface area contributed by atoms with Gasteiger partial charge >= 0.3 is 5.97 Å². The third-order valence-corrected chi connectivity index (χ3v) is 6.96. The van der Waals surface area contributed by atoms with Gasteiger partial charge in [0.25, 0.3) is 5.91 Å². The molecular weight excluding hydrogens is 420 g/mol. The number of nitrogens with one attached hydrogen (secondary N) is 1. The lowest BCUT2D eigenvalue weighted by molar-refractivity contribution is -0.140. The summed E-state index contributed by atoms with van der Waals surface area (Å²) in [5.74, 6) is -0.504. The van der Waals surface area contributed by atoms with E-state index in [1.165, 1.54) is 24.5 Å². The number of piperidine rings is 1. The molecule has 2 aromatic rings. The van der Waals surface area contributed by atoms with E-state index in [4.69, 9.17) is 9.15 Å². The number of esters is 1. The molecule has 1 fully saturated rings. The molecule has 0 aliphatic carbocycles. The zero-order valence-electron chi connectivity index (χ0n) is 18.0. The quantitative estimate of drug-likeness (QED) is 0.653. The summed E-state index contributed by atoms with van der Waals surface area (Å²) >= 11 is 0. The maximum atomic E-state index is 12.6. The molecule has 1 aromatic heterocycles. The van der Waals surface area contributed by atoms with Crippen molar-refractivity contribution in [2.45, 2.75) is 63.6 Å². The first-order valence-electron chi connectivity index (χ1n) is 10.3. The van der Waals surface area contributed by atoms with Crippen molar-refractivity contribution in [3.63, 3.8) is 0 Å². The summed E-state index contributed by atoms with van der Waals surface area (Å²) in [6, 6.07) is 7.74. The number of carbonyl (C=O) groups is 2. The predicted molar refractivity (Wildman–Crippen MR) is 114 cm³/mol. The first-order chi connectivity index (χ1) is 14.7.